The molecule has 6 heteroatoms. The van der Waals surface area contributed by atoms with Crippen LogP contribution in [0.4, 0.5) is 5.82 Å². The lowest BCUT2D eigenvalue weighted by molar-refractivity contribution is 0.724. The SMILES string of the molecule is Clc1cccc(-c2cc3c(N4CCCNCC4)nccn3n2)c1. The van der Waals surface area contributed by atoms with E-state index in [1.54, 1.807) is 0 Å². The number of nitrogens with one attached hydrogen (secondary N) is 1. The molecule has 4 rings (SSSR count). The van der Waals surface area contributed by atoms with Crippen LogP contribution in [0.15, 0.2) is 42.7 Å². The Balaban J connectivity index is 1.78. The number of rotatable bonds is 2. The highest BCUT2D eigenvalue weighted by Gasteiger charge is 2.16. The first-order valence-corrected chi connectivity index (χ1v) is 8.25. The number of hydrogen-bond donors (Lipinski definition) is 1. The van der Waals surface area contributed by atoms with Gasteiger partial charge in [0, 0.05) is 42.6 Å². The number of aromatic nitrogens is 3. The first-order chi connectivity index (χ1) is 11.3. The highest BCUT2D eigenvalue weighted by Crippen LogP contribution is 2.26. The van der Waals surface area contributed by atoms with Gasteiger partial charge in [0.15, 0.2) is 5.82 Å². The van der Waals surface area contributed by atoms with E-state index >= 15 is 0 Å². The largest absolute Gasteiger partial charge is 0.354 e. The molecule has 1 N–H and O–H groups in total. The van der Waals surface area contributed by atoms with E-state index in [0.717, 1.165) is 60.2 Å². The molecule has 0 unspecified atom stereocenters. The van der Waals surface area contributed by atoms with Crippen LogP contribution >= 0.6 is 11.6 Å². The summed E-state index contributed by atoms with van der Waals surface area (Å²) < 4.78 is 1.90. The summed E-state index contributed by atoms with van der Waals surface area (Å²) in [6.07, 6.45) is 4.83. The molecule has 23 heavy (non-hydrogen) atoms. The molecule has 0 aliphatic carbocycles. The van der Waals surface area contributed by atoms with Gasteiger partial charge in [-0.1, -0.05) is 23.7 Å². The Labute approximate surface area is 139 Å². The smallest absolute Gasteiger partial charge is 0.154 e. The lowest BCUT2D eigenvalue weighted by Crippen LogP contribution is -2.29. The topological polar surface area (TPSA) is 45.5 Å². The normalized spacial score (nSPS) is 15.8. The number of halogens is 1. The second-order valence-electron chi connectivity index (χ2n) is 5.71. The summed E-state index contributed by atoms with van der Waals surface area (Å²) in [5.74, 6) is 0.997. The zero-order valence-electron chi connectivity index (χ0n) is 12.7. The zero-order chi connectivity index (χ0) is 15.6. The van der Waals surface area contributed by atoms with Crippen LogP contribution in [0.5, 0.6) is 0 Å². The summed E-state index contributed by atoms with van der Waals surface area (Å²) >= 11 is 6.10. The maximum Gasteiger partial charge on any atom is 0.154 e. The van der Waals surface area contributed by atoms with Gasteiger partial charge in [0.2, 0.25) is 0 Å². The van der Waals surface area contributed by atoms with Crippen molar-refractivity contribution in [3.05, 3.63) is 47.7 Å². The molecule has 118 valence electrons. The van der Waals surface area contributed by atoms with E-state index < -0.39 is 0 Å². The summed E-state index contributed by atoms with van der Waals surface area (Å²) in [5, 5.41) is 8.82. The molecule has 5 nitrogen and oxygen atoms in total. The number of hydrogen-bond acceptors (Lipinski definition) is 4. The number of nitrogens with zero attached hydrogens (tertiary/aromatic N) is 4. The van der Waals surface area contributed by atoms with Gasteiger partial charge in [0.1, 0.15) is 5.52 Å². The predicted molar refractivity (Wildman–Crippen MR) is 93.1 cm³/mol. The van der Waals surface area contributed by atoms with Crippen molar-refractivity contribution in [3.63, 3.8) is 0 Å². The Morgan fingerprint density at radius 2 is 2.09 bits per heavy atom. The third-order valence-electron chi connectivity index (χ3n) is 4.13. The van der Waals surface area contributed by atoms with Crippen LogP contribution in [-0.2, 0) is 0 Å². The lowest BCUT2D eigenvalue weighted by atomic mass is 10.1. The van der Waals surface area contributed by atoms with Gasteiger partial charge in [0.25, 0.3) is 0 Å². The minimum absolute atomic E-state index is 0.719. The molecular weight excluding hydrogens is 310 g/mol. The summed E-state index contributed by atoms with van der Waals surface area (Å²) in [6, 6.07) is 9.87. The molecule has 1 saturated heterocycles. The predicted octanol–water partition coefficient (Wildman–Crippen LogP) is 2.85. The van der Waals surface area contributed by atoms with E-state index in [4.69, 9.17) is 11.6 Å². The Morgan fingerprint density at radius 3 is 3.00 bits per heavy atom. The highest BCUT2D eigenvalue weighted by atomic mass is 35.5. The van der Waals surface area contributed by atoms with Crippen molar-refractivity contribution in [2.45, 2.75) is 6.42 Å². The van der Waals surface area contributed by atoms with Crippen LogP contribution in [0.3, 0.4) is 0 Å². The van der Waals surface area contributed by atoms with Crippen LogP contribution in [-0.4, -0.2) is 40.8 Å². The number of fused-ring (bicyclic) bond motifs is 1. The molecule has 1 aliphatic heterocycles. The number of benzene rings is 1. The Hall–Kier alpha value is -2.11. The van der Waals surface area contributed by atoms with Crippen molar-refractivity contribution in [2.75, 3.05) is 31.1 Å². The third-order valence-corrected chi connectivity index (χ3v) is 4.36. The molecule has 0 saturated carbocycles. The quantitative estimate of drug-likeness (QED) is 0.786. The fourth-order valence-corrected chi connectivity index (χ4v) is 3.19. The second-order valence-corrected chi connectivity index (χ2v) is 6.15. The van der Waals surface area contributed by atoms with Gasteiger partial charge in [-0.2, -0.15) is 5.10 Å². The van der Waals surface area contributed by atoms with Crippen molar-refractivity contribution in [3.8, 4) is 11.3 Å². The van der Waals surface area contributed by atoms with Crippen LogP contribution in [0, 0.1) is 0 Å². The second kappa shape index (κ2) is 6.18. The molecule has 0 radical (unpaired) electrons. The molecule has 0 amide bonds. The van der Waals surface area contributed by atoms with Gasteiger partial charge in [-0.3, -0.25) is 0 Å². The summed E-state index contributed by atoms with van der Waals surface area (Å²) in [6.45, 7) is 4.02. The maximum atomic E-state index is 6.10. The van der Waals surface area contributed by atoms with Crippen LogP contribution < -0.4 is 10.2 Å². The monoisotopic (exact) mass is 327 g/mol. The Bertz CT molecular complexity index is 821. The van der Waals surface area contributed by atoms with Crippen molar-refractivity contribution in [1.29, 1.82) is 0 Å². The van der Waals surface area contributed by atoms with Gasteiger partial charge >= 0.3 is 0 Å². The summed E-state index contributed by atoms with van der Waals surface area (Å²) in [4.78, 5) is 6.94. The molecule has 0 spiro atoms. The first kappa shape index (κ1) is 14.5. The molecule has 1 aliphatic rings. The van der Waals surface area contributed by atoms with Gasteiger partial charge in [-0.15, -0.1) is 0 Å². The third kappa shape index (κ3) is 2.90. The molecule has 1 fully saturated rings. The van der Waals surface area contributed by atoms with Crippen LogP contribution in [0.1, 0.15) is 6.42 Å². The zero-order valence-corrected chi connectivity index (χ0v) is 13.5. The summed E-state index contributed by atoms with van der Waals surface area (Å²) in [5.41, 5.74) is 2.96. The molecule has 1 aromatic carbocycles. The average molecular weight is 328 g/mol. The van der Waals surface area contributed by atoms with Crippen LogP contribution in [0.25, 0.3) is 16.8 Å². The van der Waals surface area contributed by atoms with Gasteiger partial charge in [-0.25, -0.2) is 9.50 Å². The molecule has 3 aromatic rings. The highest BCUT2D eigenvalue weighted by molar-refractivity contribution is 6.30. The van der Waals surface area contributed by atoms with Gasteiger partial charge < -0.3 is 10.2 Å². The maximum absolute atomic E-state index is 6.10. The van der Waals surface area contributed by atoms with Gasteiger partial charge in [0.05, 0.1) is 5.69 Å². The average Bonchev–Trinajstić information content (AvgIpc) is 2.82. The van der Waals surface area contributed by atoms with E-state index in [0.29, 0.717) is 0 Å². The number of anilines is 1. The van der Waals surface area contributed by atoms with Crippen molar-refractivity contribution in [2.24, 2.45) is 0 Å². The fourth-order valence-electron chi connectivity index (χ4n) is 3.00. The first-order valence-electron chi connectivity index (χ1n) is 7.87. The van der Waals surface area contributed by atoms with Crippen LogP contribution in [0.2, 0.25) is 5.02 Å². The van der Waals surface area contributed by atoms with E-state index in [2.05, 4.69) is 26.4 Å². The van der Waals surface area contributed by atoms with E-state index in [1.807, 2.05) is 41.2 Å². The van der Waals surface area contributed by atoms with Crippen molar-refractivity contribution in [1.82, 2.24) is 19.9 Å². The lowest BCUT2D eigenvalue weighted by Gasteiger charge is -2.21. The molecular formula is C17H18ClN5. The minimum Gasteiger partial charge on any atom is -0.354 e. The van der Waals surface area contributed by atoms with E-state index in [1.165, 1.54) is 0 Å². The molecule has 0 atom stereocenters. The molecule has 3 heterocycles. The Morgan fingerprint density at radius 1 is 1.13 bits per heavy atom. The fraction of sp³-hybridized carbons (Fsp3) is 0.294. The Kier molecular flexibility index (Phi) is 3.89. The van der Waals surface area contributed by atoms with Gasteiger partial charge in [-0.05, 0) is 31.2 Å². The minimum atomic E-state index is 0.719. The van der Waals surface area contributed by atoms with E-state index in [9.17, 15) is 0 Å². The van der Waals surface area contributed by atoms with Crippen molar-refractivity contribution < 1.29 is 0 Å². The molecule has 0 bridgehead atoms. The standard InChI is InChI=1S/C17H18ClN5/c18-14-4-1-3-13(11-14)15-12-16-17(20-7-10-23(16)21-15)22-8-2-5-19-6-9-22/h1,3-4,7,10-12,19H,2,5-6,8-9H2. The van der Waals surface area contributed by atoms with Crippen molar-refractivity contribution >= 4 is 22.9 Å². The summed E-state index contributed by atoms with van der Waals surface area (Å²) in [7, 11) is 0. The molecule has 2 aromatic heterocycles. The van der Waals surface area contributed by atoms with E-state index in [-0.39, 0.29) is 0 Å².